The lowest BCUT2D eigenvalue weighted by Crippen LogP contribution is -2.44. The molecule has 0 heterocycles. The second kappa shape index (κ2) is 11.7. The van der Waals surface area contributed by atoms with E-state index in [4.69, 9.17) is 25.4 Å². The van der Waals surface area contributed by atoms with Crippen molar-refractivity contribution in [1.29, 1.82) is 0 Å². The highest BCUT2D eigenvalue weighted by Crippen LogP contribution is 2.17. The van der Waals surface area contributed by atoms with Crippen LogP contribution in [0.5, 0.6) is 0 Å². The number of terminal acetylenes is 1. The molecule has 0 aliphatic rings. The standard InChI is InChI=1S/C17H22O8/c1-6-14(23-11(3)18)17(25-13(5)20)15(24-12(4)19)9-8-10-16(21)22-7-2/h1,8,10,14-15,17H,7,9H2,2-5H3/b10-8+/t14-,15-,17-/m1/s1. The first kappa shape index (κ1) is 22.2. The largest absolute Gasteiger partial charge is 0.463 e. The number of carbonyl (C=O) groups is 4. The van der Waals surface area contributed by atoms with Gasteiger partial charge in [-0.3, -0.25) is 14.4 Å². The lowest BCUT2D eigenvalue weighted by molar-refractivity contribution is -0.177. The van der Waals surface area contributed by atoms with E-state index in [1.165, 1.54) is 6.08 Å². The van der Waals surface area contributed by atoms with E-state index in [1.807, 2.05) is 0 Å². The fourth-order valence-corrected chi connectivity index (χ4v) is 1.85. The Balaban J connectivity index is 5.41. The van der Waals surface area contributed by atoms with E-state index in [-0.39, 0.29) is 13.0 Å². The Morgan fingerprint density at radius 3 is 2.00 bits per heavy atom. The molecule has 0 aliphatic carbocycles. The maximum atomic E-state index is 11.4. The molecule has 0 aliphatic heterocycles. The minimum atomic E-state index is -1.26. The number of esters is 4. The molecule has 138 valence electrons. The molecule has 0 unspecified atom stereocenters. The van der Waals surface area contributed by atoms with Gasteiger partial charge in [-0.05, 0) is 6.92 Å². The SMILES string of the molecule is C#C[C@@H](OC(C)=O)[C@@H](OC(C)=O)[C@@H](C/C=C/C(=O)OCC)OC(C)=O. The highest BCUT2D eigenvalue weighted by Gasteiger charge is 2.35. The van der Waals surface area contributed by atoms with Crippen LogP contribution in [0.1, 0.15) is 34.1 Å². The summed E-state index contributed by atoms with van der Waals surface area (Å²) in [5, 5.41) is 0. The first-order valence-electron chi connectivity index (χ1n) is 7.52. The Hall–Kier alpha value is -2.82. The van der Waals surface area contributed by atoms with Gasteiger partial charge in [0.15, 0.2) is 6.10 Å². The van der Waals surface area contributed by atoms with Crippen LogP contribution < -0.4 is 0 Å². The number of hydrogen-bond acceptors (Lipinski definition) is 8. The van der Waals surface area contributed by atoms with Crippen molar-refractivity contribution in [2.24, 2.45) is 0 Å². The van der Waals surface area contributed by atoms with E-state index in [2.05, 4.69) is 5.92 Å². The van der Waals surface area contributed by atoms with Crippen molar-refractivity contribution in [3.05, 3.63) is 12.2 Å². The quantitative estimate of drug-likeness (QED) is 0.260. The van der Waals surface area contributed by atoms with E-state index < -0.39 is 42.2 Å². The first-order valence-corrected chi connectivity index (χ1v) is 7.52. The zero-order valence-electron chi connectivity index (χ0n) is 14.6. The van der Waals surface area contributed by atoms with Gasteiger partial charge < -0.3 is 18.9 Å². The predicted molar refractivity (Wildman–Crippen MR) is 85.9 cm³/mol. The molecule has 0 fully saturated rings. The molecule has 0 amide bonds. The van der Waals surface area contributed by atoms with E-state index >= 15 is 0 Å². The molecule has 0 N–H and O–H groups in total. The van der Waals surface area contributed by atoms with Gasteiger partial charge >= 0.3 is 23.9 Å². The van der Waals surface area contributed by atoms with Gasteiger partial charge in [-0.2, -0.15) is 0 Å². The maximum absolute atomic E-state index is 11.4. The van der Waals surface area contributed by atoms with Gasteiger partial charge in [0.1, 0.15) is 6.10 Å². The molecule has 0 radical (unpaired) electrons. The van der Waals surface area contributed by atoms with E-state index in [0.29, 0.717) is 0 Å². The summed E-state index contributed by atoms with van der Waals surface area (Å²) in [5.74, 6) is -0.455. The summed E-state index contributed by atoms with van der Waals surface area (Å²) in [5.41, 5.74) is 0. The third-order valence-corrected chi connectivity index (χ3v) is 2.65. The third-order valence-electron chi connectivity index (χ3n) is 2.65. The molecule has 8 nitrogen and oxygen atoms in total. The monoisotopic (exact) mass is 354 g/mol. The lowest BCUT2D eigenvalue weighted by Gasteiger charge is -2.28. The summed E-state index contributed by atoms with van der Waals surface area (Å²) in [6.07, 6.45) is 4.27. The minimum Gasteiger partial charge on any atom is -0.463 e. The maximum Gasteiger partial charge on any atom is 0.330 e. The van der Waals surface area contributed by atoms with E-state index in [0.717, 1.165) is 26.8 Å². The Labute approximate surface area is 146 Å². The van der Waals surface area contributed by atoms with Crippen molar-refractivity contribution >= 4 is 23.9 Å². The summed E-state index contributed by atoms with van der Waals surface area (Å²) in [4.78, 5) is 45.2. The van der Waals surface area contributed by atoms with Gasteiger partial charge in [0.2, 0.25) is 6.10 Å². The summed E-state index contributed by atoms with van der Waals surface area (Å²) in [6.45, 7) is 5.28. The van der Waals surface area contributed by atoms with Gasteiger partial charge in [0, 0.05) is 33.3 Å². The van der Waals surface area contributed by atoms with Crippen molar-refractivity contribution in [1.82, 2.24) is 0 Å². The molecule has 0 aromatic heterocycles. The molecule has 0 saturated heterocycles. The Morgan fingerprint density at radius 1 is 1.00 bits per heavy atom. The third kappa shape index (κ3) is 9.81. The molecule has 0 aromatic carbocycles. The van der Waals surface area contributed by atoms with Crippen LogP contribution in [-0.4, -0.2) is 48.8 Å². The van der Waals surface area contributed by atoms with Crippen LogP contribution >= 0.6 is 0 Å². The fraction of sp³-hybridized carbons (Fsp3) is 0.529. The molecule has 0 aromatic rings. The smallest absolute Gasteiger partial charge is 0.330 e. The Bertz CT molecular complexity index is 557. The number of rotatable bonds is 9. The average molecular weight is 354 g/mol. The van der Waals surface area contributed by atoms with Gasteiger partial charge in [-0.15, -0.1) is 6.42 Å². The zero-order valence-corrected chi connectivity index (χ0v) is 14.6. The average Bonchev–Trinajstić information content (AvgIpc) is 2.49. The van der Waals surface area contributed by atoms with Crippen molar-refractivity contribution in [2.75, 3.05) is 6.61 Å². The van der Waals surface area contributed by atoms with E-state index in [1.54, 1.807) is 6.92 Å². The minimum absolute atomic E-state index is 0.0181. The number of carbonyl (C=O) groups excluding carboxylic acids is 4. The molecule has 8 heteroatoms. The van der Waals surface area contributed by atoms with Crippen LogP contribution in [0, 0.1) is 12.3 Å². The molecular weight excluding hydrogens is 332 g/mol. The molecule has 0 saturated carbocycles. The van der Waals surface area contributed by atoms with Crippen molar-refractivity contribution in [3.63, 3.8) is 0 Å². The second-order valence-electron chi connectivity index (χ2n) is 4.81. The second-order valence-corrected chi connectivity index (χ2v) is 4.81. The highest BCUT2D eigenvalue weighted by atomic mass is 16.6. The predicted octanol–water partition coefficient (Wildman–Crippen LogP) is 0.924. The highest BCUT2D eigenvalue weighted by molar-refractivity contribution is 5.81. The molecule has 25 heavy (non-hydrogen) atoms. The van der Waals surface area contributed by atoms with Gasteiger partial charge in [-0.1, -0.05) is 12.0 Å². The molecule has 0 bridgehead atoms. The van der Waals surface area contributed by atoms with Gasteiger partial charge in [0.25, 0.3) is 0 Å². The topological polar surface area (TPSA) is 105 Å². The zero-order chi connectivity index (χ0) is 19.4. The Kier molecular flexibility index (Phi) is 10.4. The molecular formula is C17H22O8. The van der Waals surface area contributed by atoms with E-state index in [9.17, 15) is 19.2 Å². The van der Waals surface area contributed by atoms with Crippen LogP contribution in [0.25, 0.3) is 0 Å². The van der Waals surface area contributed by atoms with Crippen LogP contribution in [0.2, 0.25) is 0 Å². The summed E-state index contributed by atoms with van der Waals surface area (Å²) >= 11 is 0. The number of hydrogen-bond donors (Lipinski definition) is 0. The van der Waals surface area contributed by atoms with Crippen LogP contribution in [0.4, 0.5) is 0 Å². The van der Waals surface area contributed by atoms with Crippen molar-refractivity contribution < 1.29 is 38.1 Å². The molecule has 0 rings (SSSR count). The van der Waals surface area contributed by atoms with Crippen molar-refractivity contribution in [2.45, 2.75) is 52.4 Å². The van der Waals surface area contributed by atoms with Crippen LogP contribution in [0.15, 0.2) is 12.2 Å². The van der Waals surface area contributed by atoms with Gasteiger partial charge in [-0.25, -0.2) is 4.79 Å². The van der Waals surface area contributed by atoms with Crippen LogP contribution in [0.3, 0.4) is 0 Å². The van der Waals surface area contributed by atoms with Crippen molar-refractivity contribution in [3.8, 4) is 12.3 Å². The first-order chi connectivity index (χ1) is 11.7. The summed E-state index contributed by atoms with van der Waals surface area (Å²) in [7, 11) is 0. The summed E-state index contributed by atoms with van der Waals surface area (Å²) < 4.78 is 19.9. The normalized spacial score (nSPS) is 13.9. The number of ether oxygens (including phenoxy) is 4. The van der Waals surface area contributed by atoms with Gasteiger partial charge in [0.05, 0.1) is 6.61 Å². The fourth-order valence-electron chi connectivity index (χ4n) is 1.85. The van der Waals surface area contributed by atoms with Crippen LogP contribution in [-0.2, 0) is 38.1 Å². The Morgan fingerprint density at radius 2 is 1.56 bits per heavy atom. The lowest BCUT2D eigenvalue weighted by atomic mass is 10.0. The molecule has 0 spiro atoms. The summed E-state index contributed by atoms with van der Waals surface area (Å²) in [6, 6.07) is 0. The molecule has 3 atom stereocenters.